The van der Waals surface area contributed by atoms with Crippen LogP contribution in [0, 0.1) is 24.3 Å². The molecule has 4 aliphatic carbocycles. The maximum absolute atomic E-state index is 3.67. The molecule has 6 heteroatoms. The molecule has 0 N–H and O–H groups in total. The molecule has 0 heterocycles. The van der Waals surface area contributed by atoms with E-state index in [-0.39, 0.29) is 58.8 Å². The second kappa shape index (κ2) is 29.4. The van der Waals surface area contributed by atoms with E-state index < -0.39 is 0 Å². The Hall–Kier alpha value is -1.72. The minimum absolute atomic E-state index is 0. The minimum atomic E-state index is 0. The largest absolute Gasteiger partial charge is 1.00 e. The van der Waals surface area contributed by atoms with E-state index in [1.54, 1.807) is 0 Å². The first-order chi connectivity index (χ1) is 31.5. The van der Waals surface area contributed by atoms with Gasteiger partial charge in [0.2, 0.25) is 0 Å². The number of hydrogen-bond donors (Lipinski definition) is 0. The Morgan fingerprint density at radius 3 is 0.986 bits per heavy atom. The van der Waals surface area contributed by atoms with Gasteiger partial charge < -0.3 is 24.8 Å². The van der Waals surface area contributed by atoms with Crippen LogP contribution < -0.4 is 24.8 Å². The van der Waals surface area contributed by atoms with Gasteiger partial charge in [-0.15, -0.1) is 35.1 Å². The number of benzene rings is 4. The number of rotatable bonds is 4. The predicted molar refractivity (Wildman–Crippen MR) is 297 cm³/mol. The van der Waals surface area contributed by atoms with E-state index >= 15 is 0 Å². The van der Waals surface area contributed by atoms with Crippen LogP contribution in [0.4, 0.5) is 0 Å². The third-order valence-corrected chi connectivity index (χ3v) is 12.5. The van der Waals surface area contributed by atoms with Crippen LogP contribution in [0.5, 0.6) is 0 Å². The third kappa shape index (κ3) is 20.2. The molecule has 0 unspecified atom stereocenters. The number of allylic oxidation sites excluding steroid dienone is 8. The average molecular weight is 1080 g/mol. The Balaban J connectivity index is 0.000000464. The number of fused-ring (bicyclic) bond motifs is 6. The Morgan fingerprint density at radius 2 is 0.743 bits per heavy atom. The van der Waals surface area contributed by atoms with Crippen LogP contribution in [0.3, 0.4) is 0 Å². The van der Waals surface area contributed by atoms with E-state index in [1.165, 1.54) is 102 Å². The second-order valence-electron chi connectivity index (χ2n) is 23.2. The van der Waals surface area contributed by atoms with E-state index in [9.17, 15) is 0 Å². The van der Waals surface area contributed by atoms with Gasteiger partial charge in [-0.3, -0.25) is 12.2 Å². The summed E-state index contributed by atoms with van der Waals surface area (Å²) in [6.07, 6.45) is 20.3. The summed E-state index contributed by atoms with van der Waals surface area (Å²) in [7, 11) is 0. The van der Waals surface area contributed by atoms with Crippen molar-refractivity contribution in [3.8, 4) is 22.3 Å². The summed E-state index contributed by atoms with van der Waals surface area (Å²) in [5.41, 5.74) is 23.3. The summed E-state index contributed by atoms with van der Waals surface area (Å²) in [5, 5.41) is 0. The van der Waals surface area contributed by atoms with Gasteiger partial charge >= 0.3 is 76.9 Å². The van der Waals surface area contributed by atoms with Crippen molar-refractivity contribution in [1.29, 1.82) is 0 Å². The van der Waals surface area contributed by atoms with E-state index in [0.717, 1.165) is 38.5 Å². The van der Waals surface area contributed by atoms with Gasteiger partial charge in [0, 0.05) is 0 Å². The molecule has 0 aliphatic heterocycles. The smallest absolute Gasteiger partial charge is 1.00 e. The Bertz CT molecular complexity index is 2160. The molecule has 4 aromatic carbocycles. The molecule has 0 fully saturated rings. The summed E-state index contributed by atoms with van der Waals surface area (Å²) in [6.45, 7) is 45.1. The minimum Gasteiger partial charge on any atom is -1.00 e. The van der Waals surface area contributed by atoms with Crippen LogP contribution in [-0.2, 0) is 72.8 Å². The quantitative estimate of drug-likeness (QED) is 0.122. The summed E-state index contributed by atoms with van der Waals surface area (Å²) in [5.74, 6) is 0. The molecule has 0 aromatic heterocycles. The first-order valence-corrected chi connectivity index (χ1v) is 35.2. The van der Waals surface area contributed by atoms with Gasteiger partial charge in [0.05, 0.1) is 0 Å². The molecular weight excluding hydrogens is 992 g/mol. The van der Waals surface area contributed by atoms with Gasteiger partial charge in [-0.2, -0.15) is 70.8 Å². The van der Waals surface area contributed by atoms with Gasteiger partial charge in [-0.05, 0) is 56.8 Å². The normalized spacial score (nSPS) is 13.7. The van der Waals surface area contributed by atoms with E-state index in [1.807, 2.05) is 0 Å². The van der Waals surface area contributed by atoms with Crippen LogP contribution in [-0.4, -0.2) is 12.4 Å². The maximum Gasteiger partial charge on any atom is -1.00 e. The van der Waals surface area contributed by atoms with Crippen LogP contribution in [0.2, 0.25) is 26.2 Å². The summed E-state index contributed by atoms with van der Waals surface area (Å²) >= 11 is 4.54. The molecule has 0 saturated heterocycles. The van der Waals surface area contributed by atoms with E-state index in [2.05, 4.69) is 272 Å². The van der Waals surface area contributed by atoms with Crippen molar-refractivity contribution in [2.24, 2.45) is 0 Å². The Morgan fingerprint density at radius 1 is 0.443 bits per heavy atom. The Labute approximate surface area is 467 Å². The zero-order valence-corrected chi connectivity index (χ0v) is 54.0. The second-order valence-corrected chi connectivity index (χ2v) is 36.6. The molecule has 70 heavy (non-hydrogen) atoms. The fourth-order valence-corrected chi connectivity index (χ4v) is 8.54. The van der Waals surface area contributed by atoms with Crippen LogP contribution in [0.15, 0.2) is 95.1 Å². The molecule has 0 saturated carbocycles. The summed E-state index contributed by atoms with van der Waals surface area (Å²) in [6, 6.07) is 30.3. The van der Waals surface area contributed by atoms with E-state index in [4.69, 9.17) is 0 Å². The fourth-order valence-electron chi connectivity index (χ4n) is 8.54. The SMILES string of the molecule is CC(C)(C)c1[c-]c2c(cc1)-c1ccc(C(C)(C)C)cc1C2.CC(C)(C)c1[c-]c2c(cc1)-c1ccc(C(C)(C)C)cc1C2.CCC1=[C-]CC=C1CC.CCC1=[C-]CC=C1CC.C[Si](C)=[Ti+2].C[Si](C)=[Ti+2].[Cl-].[Cl-]. The van der Waals surface area contributed by atoms with Crippen LogP contribution in [0.1, 0.15) is 194 Å². The maximum atomic E-state index is 3.67. The molecule has 0 spiro atoms. The predicted octanol–water partition coefficient (Wildman–Crippen LogP) is 12.6. The van der Waals surface area contributed by atoms with Crippen molar-refractivity contribution in [3.63, 3.8) is 0 Å². The molecule has 4 aliphatic rings. The number of halogens is 2. The van der Waals surface area contributed by atoms with Gasteiger partial charge in [-0.1, -0.05) is 184 Å². The summed E-state index contributed by atoms with van der Waals surface area (Å²) in [4.78, 5) is 0. The van der Waals surface area contributed by atoms with Crippen LogP contribution >= 0.6 is 0 Å². The first-order valence-electron chi connectivity index (χ1n) is 25.6. The van der Waals surface area contributed by atoms with Crippen molar-refractivity contribution < 1.29 is 63.2 Å². The zero-order chi connectivity index (χ0) is 51.4. The van der Waals surface area contributed by atoms with Crippen molar-refractivity contribution in [3.05, 3.63) is 164 Å². The molecule has 0 atom stereocenters. The van der Waals surface area contributed by atoms with Crippen molar-refractivity contribution in [2.75, 3.05) is 0 Å². The average Bonchev–Trinajstić information content (AvgIpc) is 4.06. The van der Waals surface area contributed by atoms with E-state index in [0.29, 0.717) is 0 Å². The Kier molecular flexibility index (Phi) is 27.8. The monoisotopic (exact) mass is 1080 g/mol. The molecule has 0 radical (unpaired) electrons. The number of hydrogen-bond acceptors (Lipinski definition) is 0. The molecule has 376 valence electrons. The third-order valence-electron chi connectivity index (χ3n) is 12.5. The molecule has 0 bridgehead atoms. The summed E-state index contributed by atoms with van der Waals surface area (Å²) < 4.78 is 0. The fraction of sp³-hybridized carbons (Fsp3) is 0.500. The zero-order valence-electron chi connectivity index (χ0n) is 47.3. The van der Waals surface area contributed by atoms with Gasteiger partial charge in [0.15, 0.2) is 0 Å². The first kappa shape index (κ1) is 66.3. The standard InChI is InChI=1S/2C21H25.2C9H13.2C2H6Si.2ClH.2Ti/c2*1-20(2,3)16-7-9-18-14(12-16)11-15-13-17(21(4,5)6)8-10-19(15)18;2*1-3-8-6-5-7-9(8)4-2;2*1-3-2;;;;/h2*7-10,12H,11H2,1-6H3;2*6H,3-5H2,1-2H3;2*1-2H3;2*1H;;/q4*-1;;;;;2*+2/p-2. The molecule has 8 rings (SSSR count). The van der Waals surface area contributed by atoms with Gasteiger partial charge in [-0.25, -0.2) is 11.1 Å². The van der Waals surface area contributed by atoms with Crippen molar-refractivity contribution >= 4 is 12.4 Å². The molecular formula is C64H88Cl2Si2Ti2-2. The molecule has 4 aromatic rings. The van der Waals surface area contributed by atoms with Crippen LogP contribution in [0.25, 0.3) is 22.3 Å². The van der Waals surface area contributed by atoms with Crippen molar-refractivity contribution in [2.45, 2.75) is 210 Å². The topological polar surface area (TPSA) is 0 Å². The molecule has 0 amide bonds. The van der Waals surface area contributed by atoms with Gasteiger partial charge in [0.1, 0.15) is 0 Å². The van der Waals surface area contributed by atoms with Gasteiger partial charge in [0.25, 0.3) is 0 Å². The molecule has 0 nitrogen and oxygen atoms in total. The van der Waals surface area contributed by atoms with Crippen molar-refractivity contribution in [1.82, 2.24) is 0 Å².